The zero-order chi connectivity index (χ0) is 56.8. The molecule has 464 valence electrons. The van der Waals surface area contributed by atoms with Gasteiger partial charge < -0.3 is 35.2 Å². The Morgan fingerprint density at radius 1 is 0.500 bits per heavy atom. The van der Waals surface area contributed by atoms with Gasteiger partial charge in [0.05, 0.1) is 25.4 Å². The molecule has 1 aliphatic rings. The SMILES string of the molecule is CCCCCCCCCCCCCCCCCCCCCCCC/C=C/C(O)C(COC1OC(CO)C(O)C(OS(=O)(=O)O)C1O)NC(=O)CCCCCCCCCCCCCCCCCCCCCCCCCCCCC. The lowest BCUT2D eigenvalue weighted by atomic mass is 9.99. The second kappa shape index (κ2) is 55.1. The van der Waals surface area contributed by atoms with Gasteiger partial charge in [0, 0.05) is 6.42 Å². The van der Waals surface area contributed by atoms with Gasteiger partial charge in [-0.25, -0.2) is 4.18 Å². The highest BCUT2D eigenvalue weighted by Gasteiger charge is 2.48. The lowest BCUT2D eigenvalue weighted by molar-refractivity contribution is -0.298. The lowest BCUT2D eigenvalue weighted by Gasteiger charge is -2.41. The number of nitrogens with one attached hydrogen (secondary N) is 1. The topological polar surface area (TPSA) is 192 Å². The quantitative estimate of drug-likeness (QED) is 0.0193. The largest absolute Gasteiger partial charge is 0.397 e. The van der Waals surface area contributed by atoms with Crippen LogP contribution in [0.25, 0.3) is 0 Å². The summed E-state index contributed by atoms with van der Waals surface area (Å²) < 4.78 is 48.0. The van der Waals surface area contributed by atoms with E-state index in [0.717, 1.165) is 38.5 Å². The molecule has 1 amide bonds. The van der Waals surface area contributed by atoms with Crippen molar-refractivity contribution in [1.82, 2.24) is 5.32 Å². The van der Waals surface area contributed by atoms with E-state index in [1.807, 2.05) is 6.08 Å². The summed E-state index contributed by atoms with van der Waals surface area (Å²) in [7, 11) is -5.09. The standard InChI is InChI=1S/C65H127NO11S/c1-3-5-7-9-11-13-15-17-19-21-23-25-27-29-30-31-33-35-37-39-41-43-45-47-49-51-53-55-61(69)66-58(57-75-65-63(71)64(77-78(72,73)74)62(70)60(56-67)76-65)59(68)54-52-50-48-46-44-42-40-38-36-34-32-28-26-24-22-20-18-16-14-12-10-8-6-4-2/h52,54,58-60,62-65,67-68,70-71H,3-51,53,55-57H2,1-2H3,(H,66,69)(H,72,73,74)/b54-52+. The first-order chi connectivity index (χ1) is 38.0. The Balaban J connectivity index is 2.28. The lowest BCUT2D eigenvalue weighted by Crippen LogP contribution is -2.61. The summed E-state index contributed by atoms with van der Waals surface area (Å²) in [6, 6.07) is -0.941. The molecule has 0 spiro atoms. The maximum absolute atomic E-state index is 13.2. The van der Waals surface area contributed by atoms with Crippen LogP contribution in [0, 0.1) is 0 Å². The number of allylic oxidation sites excluding steroid dienone is 1. The molecule has 0 bridgehead atoms. The molecule has 0 aromatic heterocycles. The van der Waals surface area contributed by atoms with Gasteiger partial charge in [0.2, 0.25) is 5.91 Å². The van der Waals surface area contributed by atoms with Crippen molar-refractivity contribution in [2.45, 2.75) is 384 Å². The molecule has 12 nitrogen and oxygen atoms in total. The normalized spacial score (nSPS) is 18.8. The summed E-state index contributed by atoms with van der Waals surface area (Å²) in [4.78, 5) is 13.2. The number of hydrogen-bond donors (Lipinski definition) is 6. The van der Waals surface area contributed by atoms with Crippen molar-refractivity contribution >= 4 is 16.3 Å². The smallest absolute Gasteiger partial charge is 0.394 e. The van der Waals surface area contributed by atoms with Crippen LogP contribution in [0.4, 0.5) is 0 Å². The van der Waals surface area contributed by atoms with Crippen LogP contribution >= 0.6 is 0 Å². The Bertz CT molecular complexity index is 1420. The maximum Gasteiger partial charge on any atom is 0.397 e. The van der Waals surface area contributed by atoms with E-state index in [0.29, 0.717) is 6.42 Å². The van der Waals surface area contributed by atoms with Crippen molar-refractivity contribution in [3.63, 3.8) is 0 Å². The van der Waals surface area contributed by atoms with Gasteiger partial charge in [-0.05, 0) is 19.3 Å². The van der Waals surface area contributed by atoms with Crippen LogP contribution in [0.1, 0.15) is 341 Å². The van der Waals surface area contributed by atoms with E-state index in [1.54, 1.807) is 6.08 Å². The van der Waals surface area contributed by atoms with E-state index in [4.69, 9.17) is 9.47 Å². The molecule has 1 rings (SSSR count). The predicted molar refractivity (Wildman–Crippen MR) is 324 cm³/mol. The summed E-state index contributed by atoms with van der Waals surface area (Å²) in [5, 5.41) is 45.1. The van der Waals surface area contributed by atoms with Gasteiger partial charge in [0.1, 0.15) is 24.4 Å². The number of ether oxygens (including phenoxy) is 2. The minimum atomic E-state index is -5.09. The third-order valence-corrected chi connectivity index (χ3v) is 16.8. The van der Waals surface area contributed by atoms with Gasteiger partial charge in [-0.2, -0.15) is 8.42 Å². The van der Waals surface area contributed by atoms with Crippen molar-refractivity contribution in [3.8, 4) is 0 Å². The van der Waals surface area contributed by atoms with Gasteiger partial charge in [0.15, 0.2) is 6.29 Å². The average molecular weight is 1130 g/mol. The van der Waals surface area contributed by atoms with Crippen molar-refractivity contribution < 1.29 is 51.8 Å². The molecule has 7 unspecified atom stereocenters. The molecule has 7 atom stereocenters. The first-order valence-corrected chi connectivity index (χ1v) is 34.9. The fourth-order valence-corrected chi connectivity index (χ4v) is 11.7. The number of amides is 1. The number of rotatable bonds is 60. The molecule has 0 aromatic carbocycles. The van der Waals surface area contributed by atoms with Crippen molar-refractivity contribution in [2.24, 2.45) is 0 Å². The molecule has 0 radical (unpaired) electrons. The Labute approximate surface area is 480 Å². The highest BCUT2D eigenvalue weighted by molar-refractivity contribution is 7.80. The number of hydrogen-bond acceptors (Lipinski definition) is 10. The molecule has 0 saturated carbocycles. The summed E-state index contributed by atoms with van der Waals surface area (Å²) in [5.74, 6) is -0.253. The van der Waals surface area contributed by atoms with Gasteiger partial charge in [-0.15, -0.1) is 0 Å². The van der Waals surface area contributed by atoms with Crippen molar-refractivity contribution in [2.75, 3.05) is 13.2 Å². The summed E-state index contributed by atoms with van der Waals surface area (Å²) in [6.07, 6.45) is 59.9. The van der Waals surface area contributed by atoms with Crippen LogP contribution < -0.4 is 5.32 Å². The van der Waals surface area contributed by atoms with Gasteiger partial charge in [-0.1, -0.05) is 328 Å². The first kappa shape index (κ1) is 74.9. The van der Waals surface area contributed by atoms with Gasteiger partial charge in [0.25, 0.3) is 0 Å². The third-order valence-electron chi connectivity index (χ3n) is 16.3. The Morgan fingerprint density at radius 3 is 1.12 bits per heavy atom. The van der Waals surface area contributed by atoms with E-state index < -0.39 is 59.9 Å². The number of carbonyl (C=O) groups is 1. The molecule has 1 fully saturated rings. The van der Waals surface area contributed by atoms with Gasteiger partial charge in [-0.3, -0.25) is 9.35 Å². The molecule has 1 aliphatic heterocycles. The molecule has 0 aliphatic carbocycles. The summed E-state index contributed by atoms with van der Waals surface area (Å²) in [5.41, 5.74) is 0. The Hall–Kier alpha value is -1.16. The minimum Gasteiger partial charge on any atom is -0.394 e. The zero-order valence-electron chi connectivity index (χ0n) is 50.8. The maximum atomic E-state index is 13.2. The minimum absolute atomic E-state index is 0.253. The highest BCUT2D eigenvalue weighted by Crippen LogP contribution is 2.26. The Morgan fingerprint density at radius 2 is 0.808 bits per heavy atom. The second-order valence-corrected chi connectivity index (χ2v) is 24.8. The van der Waals surface area contributed by atoms with E-state index in [-0.39, 0.29) is 18.9 Å². The highest BCUT2D eigenvalue weighted by atomic mass is 32.3. The predicted octanol–water partition coefficient (Wildman–Crippen LogP) is 17.0. The van der Waals surface area contributed by atoms with E-state index in [1.165, 1.54) is 276 Å². The van der Waals surface area contributed by atoms with Crippen LogP contribution in [0.15, 0.2) is 12.2 Å². The molecule has 6 N–H and O–H groups in total. The molecule has 1 saturated heterocycles. The molecule has 13 heteroatoms. The average Bonchev–Trinajstić information content (AvgIpc) is 3.45. The molecule has 0 aromatic rings. The van der Waals surface area contributed by atoms with Crippen LogP contribution in [0.5, 0.6) is 0 Å². The molecule has 1 heterocycles. The number of unbranched alkanes of at least 4 members (excludes halogenated alkanes) is 48. The number of carbonyl (C=O) groups excluding carboxylic acids is 1. The molecular weight excluding hydrogens is 1000 g/mol. The first-order valence-electron chi connectivity index (χ1n) is 33.6. The fourth-order valence-electron chi connectivity index (χ4n) is 11.2. The Kier molecular flexibility index (Phi) is 52.8. The molecule has 78 heavy (non-hydrogen) atoms. The monoisotopic (exact) mass is 1130 g/mol. The number of aliphatic hydroxyl groups is 4. The van der Waals surface area contributed by atoms with Crippen molar-refractivity contribution in [1.29, 1.82) is 0 Å². The summed E-state index contributed by atoms with van der Waals surface area (Å²) in [6.45, 7) is 3.47. The third kappa shape index (κ3) is 46.3. The van der Waals surface area contributed by atoms with E-state index in [9.17, 15) is 38.2 Å². The number of aliphatic hydroxyl groups excluding tert-OH is 4. The molecular formula is C65H127NO11S. The van der Waals surface area contributed by atoms with Crippen molar-refractivity contribution in [3.05, 3.63) is 12.2 Å². The van der Waals surface area contributed by atoms with Crippen LogP contribution in [0.3, 0.4) is 0 Å². The van der Waals surface area contributed by atoms with Crippen LogP contribution in [0.2, 0.25) is 0 Å². The zero-order valence-corrected chi connectivity index (χ0v) is 51.6. The summed E-state index contributed by atoms with van der Waals surface area (Å²) >= 11 is 0. The van der Waals surface area contributed by atoms with E-state index in [2.05, 4.69) is 23.3 Å². The van der Waals surface area contributed by atoms with E-state index >= 15 is 0 Å². The van der Waals surface area contributed by atoms with Crippen LogP contribution in [-0.2, 0) is 28.9 Å². The fraction of sp³-hybridized carbons (Fsp3) is 0.954. The van der Waals surface area contributed by atoms with Gasteiger partial charge >= 0.3 is 10.4 Å². The van der Waals surface area contributed by atoms with Crippen LogP contribution in [-0.4, -0.2) is 95.4 Å². The second-order valence-electron chi connectivity index (χ2n) is 23.8.